The Morgan fingerprint density at radius 1 is 0.912 bits per heavy atom. The second kappa shape index (κ2) is 9.80. The molecule has 8 nitrogen and oxygen atoms in total. The number of hydrogen-bond donors (Lipinski definition) is 2. The van der Waals surface area contributed by atoms with Gasteiger partial charge in [0.1, 0.15) is 5.58 Å². The Morgan fingerprint density at radius 3 is 2.29 bits per heavy atom. The maximum absolute atomic E-state index is 13.1. The summed E-state index contributed by atoms with van der Waals surface area (Å²) in [6.07, 6.45) is 0. The molecular weight excluding hydrogens is 456 g/mol. The van der Waals surface area contributed by atoms with Crippen LogP contribution in [0.25, 0.3) is 11.0 Å². The van der Waals surface area contributed by atoms with Crippen LogP contribution in [0.1, 0.15) is 22.8 Å². The van der Waals surface area contributed by atoms with Crippen molar-refractivity contribution in [2.45, 2.75) is 18.4 Å². The van der Waals surface area contributed by atoms with Crippen molar-refractivity contribution in [2.24, 2.45) is 0 Å². The third-order valence-electron chi connectivity index (χ3n) is 5.04. The summed E-state index contributed by atoms with van der Waals surface area (Å²) in [4.78, 5) is 24.5. The molecule has 0 saturated heterocycles. The van der Waals surface area contributed by atoms with Crippen LogP contribution >= 0.6 is 0 Å². The molecule has 0 bridgehead atoms. The molecule has 0 aliphatic rings. The second-order valence-corrected chi connectivity index (χ2v) is 9.01. The standard InChI is InChI=1S/C25H22N2O6S/c1-2-32-24(28)18-12-14-19(15-13-18)34(30,31)27-23-22(26-16-17-8-4-3-5-9-17)20-10-6-7-11-21(20)33-25(23)29/h3-15,26-27H,2,16H2,1H3. The molecule has 174 valence electrons. The van der Waals surface area contributed by atoms with Crippen LogP contribution in [-0.4, -0.2) is 21.0 Å². The summed E-state index contributed by atoms with van der Waals surface area (Å²) in [5.41, 5.74) is 0.733. The van der Waals surface area contributed by atoms with E-state index in [0.717, 1.165) is 5.56 Å². The van der Waals surface area contributed by atoms with Crippen molar-refractivity contribution >= 4 is 38.3 Å². The minimum atomic E-state index is -4.17. The fraction of sp³-hybridized carbons (Fsp3) is 0.120. The van der Waals surface area contributed by atoms with Crippen LogP contribution in [0.5, 0.6) is 0 Å². The zero-order chi connectivity index (χ0) is 24.1. The molecule has 4 aromatic rings. The number of anilines is 2. The van der Waals surface area contributed by atoms with Crippen LogP contribution in [0.3, 0.4) is 0 Å². The molecule has 0 atom stereocenters. The fourth-order valence-corrected chi connectivity index (χ4v) is 4.46. The number of benzene rings is 3. The van der Waals surface area contributed by atoms with E-state index < -0.39 is 21.6 Å². The van der Waals surface area contributed by atoms with Gasteiger partial charge >= 0.3 is 11.6 Å². The topological polar surface area (TPSA) is 115 Å². The molecule has 0 aliphatic heterocycles. The van der Waals surface area contributed by atoms with E-state index in [1.807, 2.05) is 30.3 Å². The maximum atomic E-state index is 13.1. The van der Waals surface area contributed by atoms with Gasteiger partial charge in [0, 0.05) is 11.9 Å². The van der Waals surface area contributed by atoms with Crippen LogP contribution in [0, 0.1) is 0 Å². The highest BCUT2D eigenvalue weighted by molar-refractivity contribution is 7.92. The molecule has 0 amide bonds. The molecule has 1 heterocycles. The summed E-state index contributed by atoms with van der Waals surface area (Å²) in [5.74, 6) is -0.554. The lowest BCUT2D eigenvalue weighted by molar-refractivity contribution is 0.0526. The van der Waals surface area contributed by atoms with Gasteiger partial charge < -0.3 is 14.5 Å². The number of carbonyl (C=O) groups excluding carboxylic acids is 1. The normalized spacial score (nSPS) is 11.2. The lowest BCUT2D eigenvalue weighted by Gasteiger charge is -2.15. The summed E-state index contributed by atoms with van der Waals surface area (Å²) in [6, 6.07) is 21.6. The van der Waals surface area contributed by atoms with E-state index in [1.165, 1.54) is 24.3 Å². The summed E-state index contributed by atoms with van der Waals surface area (Å²) >= 11 is 0. The highest BCUT2D eigenvalue weighted by Gasteiger charge is 2.22. The van der Waals surface area contributed by atoms with Crippen molar-refractivity contribution in [1.29, 1.82) is 0 Å². The number of esters is 1. The number of ether oxygens (including phenoxy) is 1. The smallest absolute Gasteiger partial charge is 0.363 e. The van der Waals surface area contributed by atoms with E-state index >= 15 is 0 Å². The number of hydrogen-bond acceptors (Lipinski definition) is 7. The van der Waals surface area contributed by atoms with Crippen molar-refractivity contribution in [3.8, 4) is 0 Å². The molecule has 0 spiro atoms. The molecule has 9 heteroatoms. The maximum Gasteiger partial charge on any atom is 0.363 e. The second-order valence-electron chi connectivity index (χ2n) is 7.33. The molecule has 4 rings (SSSR count). The van der Waals surface area contributed by atoms with Crippen LogP contribution < -0.4 is 15.7 Å². The van der Waals surface area contributed by atoms with E-state index in [4.69, 9.17) is 9.15 Å². The van der Waals surface area contributed by atoms with Gasteiger partial charge in [0.15, 0.2) is 5.69 Å². The van der Waals surface area contributed by atoms with E-state index in [2.05, 4.69) is 10.0 Å². The van der Waals surface area contributed by atoms with Crippen LogP contribution in [0.4, 0.5) is 11.4 Å². The van der Waals surface area contributed by atoms with Gasteiger partial charge in [-0.05, 0) is 48.9 Å². The lowest BCUT2D eigenvalue weighted by atomic mass is 10.1. The van der Waals surface area contributed by atoms with Crippen molar-refractivity contribution in [2.75, 3.05) is 16.6 Å². The molecule has 0 fully saturated rings. The third kappa shape index (κ3) is 4.94. The molecule has 0 unspecified atom stereocenters. The first-order valence-electron chi connectivity index (χ1n) is 10.5. The predicted octanol–water partition coefficient (Wildman–Crippen LogP) is 4.38. The Morgan fingerprint density at radius 2 is 1.59 bits per heavy atom. The van der Waals surface area contributed by atoms with Gasteiger partial charge in [0.25, 0.3) is 10.0 Å². The minimum absolute atomic E-state index is 0.123. The van der Waals surface area contributed by atoms with E-state index in [0.29, 0.717) is 23.2 Å². The molecule has 3 aromatic carbocycles. The minimum Gasteiger partial charge on any atom is -0.462 e. The first-order chi connectivity index (χ1) is 16.4. The highest BCUT2D eigenvalue weighted by Crippen LogP contribution is 2.30. The van der Waals surface area contributed by atoms with Gasteiger partial charge in [-0.25, -0.2) is 18.0 Å². The van der Waals surface area contributed by atoms with Crippen LogP contribution in [-0.2, 0) is 21.3 Å². The van der Waals surface area contributed by atoms with Crippen molar-refractivity contribution in [3.63, 3.8) is 0 Å². The van der Waals surface area contributed by atoms with Crippen LogP contribution in [0.15, 0.2) is 93.0 Å². The third-order valence-corrected chi connectivity index (χ3v) is 6.40. The highest BCUT2D eigenvalue weighted by atomic mass is 32.2. The predicted molar refractivity (Wildman–Crippen MR) is 129 cm³/mol. The molecule has 34 heavy (non-hydrogen) atoms. The number of para-hydroxylation sites is 1. The number of nitrogens with one attached hydrogen (secondary N) is 2. The van der Waals surface area contributed by atoms with Gasteiger partial charge in [0.05, 0.1) is 22.8 Å². The van der Waals surface area contributed by atoms with Crippen molar-refractivity contribution in [3.05, 3.63) is 100 Å². The summed E-state index contributed by atoms with van der Waals surface area (Å²) < 4.78 is 38.8. The molecule has 0 aliphatic carbocycles. The van der Waals surface area contributed by atoms with E-state index in [1.54, 1.807) is 31.2 Å². The molecule has 0 radical (unpaired) electrons. The molecule has 1 aromatic heterocycles. The summed E-state index contributed by atoms with van der Waals surface area (Å²) in [7, 11) is -4.17. The summed E-state index contributed by atoms with van der Waals surface area (Å²) in [6.45, 7) is 2.24. The van der Waals surface area contributed by atoms with Crippen molar-refractivity contribution in [1.82, 2.24) is 0 Å². The number of carbonyl (C=O) groups is 1. The Balaban J connectivity index is 1.71. The first-order valence-corrected chi connectivity index (χ1v) is 12.0. The van der Waals surface area contributed by atoms with Crippen LogP contribution in [0.2, 0.25) is 0 Å². The van der Waals surface area contributed by atoms with E-state index in [9.17, 15) is 18.0 Å². The lowest BCUT2D eigenvalue weighted by Crippen LogP contribution is -2.21. The summed E-state index contributed by atoms with van der Waals surface area (Å²) in [5, 5.41) is 3.73. The number of fused-ring (bicyclic) bond motifs is 1. The average Bonchev–Trinajstić information content (AvgIpc) is 2.84. The Hall–Kier alpha value is -4.11. The average molecular weight is 479 g/mol. The zero-order valence-corrected chi connectivity index (χ0v) is 19.1. The first kappa shape index (κ1) is 23.1. The Bertz CT molecular complexity index is 1480. The SMILES string of the molecule is CCOC(=O)c1ccc(S(=O)(=O)Nc2c(NCc3ccccc3)c3ccccc3oc2=O)cc1. The monoisotopic (exact) mass is 478 g/mol. The van der Waals surface area contributed by atoms with Gasteiger partial charge in [-0.2, -0.15) is 0 Å². The van der Waals surface area contributed by atoms with E-state index in [-0.39, 0.29) is 22.8 Å². The number of sulfonamides is 1. The Kier molecular flexibility index (Phi) is 6.65. The zero-order valence-electron chi connectivity index (χ0n) is 18.3. The molecule has 2 N–H and O–H groups in total. The van der Waals surface area contributed by atoms with Gasteiger partial charge in [-0.3, -0.25) is 4.72 Å². The molecule has 0 saturated carbocycles. The fourth-order valence-electron chi connectivity index (χ4n) is 3.39. The largest absolute Gasteiger partial charge is 0.462 e. The van der Waals surface area contributed by atoms with Crippen molar-refractivity contribution < 1.29 is 22.4 Å². The van der Waals surface area contributed by atoms with Gasteiger partial charge in [0.2, 0.25) is 0 Å². The van der Waals surface area contributed by atoms with Gasteiger partial charge in [-0.1, -0.05) is 42.5 Å². The quantitative estimate of drug-likeness (QED) is 0.285. The Labute approximate surface area is 196 Å². The molecular formula is C25H22N2O6S. The van der Waals surface area contributed by atoms with Gasteiger partial charge in [-0.15, -0.1) is 0 Å². The number of rotatable bonds is 8.